The van der Waals surface area contributed by atoms with E-state index in [1.54, 1.807) is 16.7 Å². The number of benzene rings is 1. The second-order valence-electron chi connectivity index (χ2n) is 7.29. The SMILES string of the molecule is O=C(C=Cc1cccs1)NCc1nnc(SCC2CCCO2)n1-c1cccc(C(F)(F)F)c1. The molecule has 1 fully saturated rings. The maximum Gasteiger partial charge on any atom is 0.416 e. The lowest BCUT2D eigenvalue weighted by molar-refractivity contribution is -0.137. The molecule has 3 heterocycles. The first-order valence-corrected chi connectivity index (χ1v) is 12.1. The van der Waals surface area contributed by atoms with Gasteiger partial charge in [-0.15, -0.1) is 21.5 Å². The molecule has 1 aliphatic heterocycles. The molecule has 0 bridgehead atoms. The van der Waals surface area contributed by atoms with E-state index in [-0.39, 0.29) is 24.2 Å². The number of carbonyl (C=O) groups excluding carboxylic acids is 1. The molecule has 3 aromatic rings. The lowest BCUT2D eigenvalue weighted by atomic mass is 10.2. The maximum atomic E-state index is 13.3. The molecule has 1 N–H and O–H groups in total. The Kier molecular flexibility index (Phi) is 7.51. The van der Waals surface area contributed by atoms with Gasteiger partial charge in [0.15, 0.2) is 11.0 Å². The molecule has 1 saturated heterocycles. The van der Waals surface area contributed by atoms with Crippen LogP contribution in [-0.4, -0.2) is 39.1 Å². The van der Waals surface area contributed by atoms with Crippen molar-refractivity contribution in [3.05, 3.63) is 64.1 Å². The van der Waals surface area contributed by atoms with Gasteiger partial charge in [-0.1, -0.05) is 23.9 Å². The number of nitrogens with one attached hydrogen (secondary N) is 1. The Hall–Kier alpha value is -2.63. The van der Waals surface area contributed by atoms with E-state index in [0.717, 1.165) is 29.9 Å². The highest BCUT2D eigenvalue weighted by Crippen LogP contribution is 2.32. The van der Waals surface area contributed by atoms with Crippen LogP contribution in [0.4, 0.5) is 13.2 Å². The third-order valence-electron chi connectivity index (χ3n) is 4.92. The summed E-state index contributed by atoms with van der Waals surface area (Å²) in [6, 6.07) is 8.76. The summed E-state index contributed by atoms with van der Waals surface area (Å²) in [7, 11) is 0. The molecular formula is C22H21F3N4O2S2. The van der Waals surface area contributed by atoms with Gasteiger partial charge >= 0.3 is 6.18 Å². The van der Waals surface area contributed by atoms with Crippen molar-refractivity contribution in [1.82, 2.24) is 20.1 Å². The highest BCUT2D eigenvalue weighted by molar-refractivity contribution is 7.99. The van der Waals surface area contributed by atoms with Crippen LogP contribution in [0.3, 0.4) is 0 Å². The van der Waals surface area contributed by atoms with Crippen LogP contribution in [0.1, 0.15) is 29.1 Å². The highest BCUT2D eigenvalue weighted by Gasteiger charge is 2.31. The van der Waals surface area contributed by atoms with Crippen molar-refractivity contribution in [2.24, 2.45) is 0 Å². The molecule has 0 radical (unpaired) electrons. The van der Waals surface area contributed by atoms with Crippen LogP contribution in [-0.2, 0) is 22.3 Å². The van der Waals surface area contributed by atoms with Crippen LogP contribution in [0.2, 0.25) is 0 Å². The summed E-state index contributed by atoms with van der Waals surface area (Å²) < 4.78 is 47.1. The number of alkyl halides is 3. The van der Waals surface area contributed by atoms with Gasteiger partial charge in [-0.05, 0) is 48.6 Å². The fourth-order valence-corrected chi connectivity index (χ4v) is 4.96. The van der Waals surface area contributed by atoms with Crippen LogP contribution in [0.25, 0.3) is 11.8 Å². The first kappa shape index (κ1) is 23.5. The van der Waals surface area contributed by atoms with E-state index in [2.05, 4.69) is 15.5 Å². The molecule has 6 nitrogen and oxygen atoms in total. The Morgan fingerprint density at radius 2 is 2.18 bits per heavy atom. The first-order valence-electron chi connectivity index (χ1n) is 10.3. The number of ether oxygens (including phenoxy) is 1. The predicted octanol–water partition coefficient (Wildman–Crippen LogP) is 4.95. The number of nitrogens with zero attached hydrogens (tertiary/aromatic N) is 3. The molecule has 1 aliphatic rings. The summed E-state index contributed by atoms with van der Waals surface area (Å²) in [6.45, 7) is 0.721. The van der Waals surface area contributed by atoms with Crippen molar-refractivity contribution < 1.29 is 22.7 Å². The fourth-order valence-electron chi connectivity index (χ4n) is 3.30. The third kappa shape index (κ3) is 6.24. The monoisotopic (exact) mass is 494 g/mol. The molecule has 33 heavy (non-hydrogen) atoms. The maximum absolute atomic E-state index is 13.3. The number of thiophene rings is 1. The zero-order valence-electron chi connectivity index (χ0n) is 17.4. The summed E-state index contributed by atoms with van der Waals surface area (Å²) in [5.74, 6) is 0.616. The molecule has 0 spiro atoms. The Morgan fingerprint density at radius 3 is 2.91 bits per heavy atom. The molecule has 0 saturated carbocycles. The van der Waals surface area contributed by atoms with Crippen LogP contribution in [0.15, 0.2) is 53.0 Å². The largest absolute Gasteiger partial charge is 0.416 e. The van der Waals surface area contributed by atoms with E-state index < -0.39 is 11.7 Å². The van der Waals surface area contributed by atoms with Gasteiger partial charge in [0.25, 0.3) is 0 Å². The summed E-state index contributed by atoms with van der Waals surface area (Å²) in [6.07, 6.45) is 0.624. The lowest BCUT2D eigenvalue weighted by Crippen LogP contribution is -2.22. The number of thioether (sulfide) groups is 1. The number of halogens is 3. The second-order valence-corrected chi connectivity index (χ2v) is 9.26. The molecule has 2 aromatic heterocycles. The van der Waals surface area contributed by atoms with E-state index in [1.165, 1.54) is 35.2 Å². The number of hydrogen-bond acceptors (Lipinski definition) is 6. The summed E-state index contributed by atoms with van der Waals surface area (Å²) >= 11 is 2.88. The van der Waals surface area contributed by atoms with Gasteiger partial charge in [-0.3, -0.25) is 9.36 Å². The second kappa shape index (κ2) is 10.5. The van der Waals surface area contributed by atoms with Crippen LogP contribution >= 0.6 is 23.1 Å². The van der Waals surface area contributed by atoms with Gasteiger partial charge in [0.1, 0.15) is 0 Å². The van der Waals surface area contributed by atoms with Crippen molar-refractivity contribution in [2.45, 2.75) is 36.8 Å². The van der Waals surface area contributed by atoms with E-state index in [4.69, 9.17) is 4.74 Å². The van der Waals surface area contributed by atoms with Crippen LogP contribution < -0.4 is 5.32 Å². The number of aromatic nitrogens is 3. The van der Waals surface area contributed by atoms with Gasteiger partial charge in [-0.25, -0.2) is 0 Å². The Morgan fingerprint density at radius 1 is 1.30 bits per heavy atom. The van der Waals surface area contributed by atoms with E-state index in [0.29, 0.717) is 23.3 Å². The average Bonchev–Trinajstić information content (AvgIpc) is 3.56. The van der Waals surface area contributed by atoms with Crippen molar-refractivity contribution in [3.63, 3.8) is 0 Å². The Bertz CT molecular complexity index is 1110. The minimum atomic E-state index is -4.48. The third-order valence-corrected chi connectivity index (χ3v) is 6.82. The van der Waals surface area contributed by atoms with Crippen LogP contribution in [0.5, 0.6) is 0 Å². The topological polar surface area (TPSA) is 69.0 Å². The molecule has 1 unspecified atom stereocenters. The predicted molar refractivity (Wildman–Crippen MR) is 121 cm³/mol. The van der Waals surface area contributed by atoms with Crippen molar-refractivity contribution >= 4 is 35.1 Å². The van der Waals surface area contributed by atoms with Crippen molar-refractivity contribution in [3.8, 4) is 5.69 Å². The Balaban J connectivity index is 1.55. The quantitative estimate of drug-likeness (QED) is 0.355. The average molecular weight is 495 g/mol. The zero-order chi connectivity index (χ0) is 23.3. The van der Waals surface area contributed by atoms with E-state index in [1.807, 2.05) is 17.5 Å². The molecule has 4 rings (SSSR count). The van der Waals surface area contributed by atoms with E-state index >= 15 is 0 Å². The van der Waals surface area contributed by atoms with Gasteiger partial charge < -0.3 is 10.1 Å². The Labute approximate surface area is 196 Å². The lowest BCUT2D eigenvalue weighted by Gasteiger charge is -2.14. The number of carbonyl (C=O) groups is 1. The van der Waals surface area contributed by atoms with Crippen LogP contribution in [0, 0.1) is 0 Å². The molecule has 174 valence electrons. The molecule has 1 amide bonds. The van der Waals surface area contributed by atoms with E-state index in [9.17, 15) is 18.0 Å². The summed E-state index contributed by atoms with van der Waals surface area (Å²) in [5.41, 5.74) is -0.485. The molecule has 0 aliphatic carbocycles. The van der Waals surface area contributed by atoms with Crippen molar-refractivity contribution in [2.75, 3.05) is 12.4 Å². The molecule has 1 aromatic carbocycles. The standard InChI is InChI=1S/C22H21F3N4O2S2/c23-22(24,25)15-4-1-5-16(12-15)29-19(13-26-20(30)9-8-18-7-3-11-32-18)27-28-21(29)33-14-17-6-2-10-31-17/h1,3-5,7-9,11-12,17H,2,6,10,13-14H2,(H,26,30). The minimum absolute atomic E-state index is 0.0113. The highest BCUT2D eigenvalue weighted by atomic mass is 32.2. The summed E-state index contributed by atoms with van der Waals surface area (Å²) in [5, 5.41) is 13.4. The normalized spacial score (nSPS) is 16.5. The van der Waals surface area contributed by atoms with Gasteiger partial charge in [-0.2, -0.15) is 13.2 Å². The van der Waals surface area contributed by atoms with Gasteiger partial charge in [0, 0.05) is 23.3 Å². The first-order chi connectivity index (χ1) is 15.9. The van der Waals surface area contributed by atoms with Gasteiger partial charge in [0.05, 0.1) is 23.9 Å². The minimum Gasteiger partial charge on any atom is -0.377 e. The fraction of sp³-hybridized carbons (Fsp3) is 0.318. The number of rotatable bonds is 8. The van der Waals surface area contributed by atoms with Crippen molar-refractivity contribution in [1.29, 1.82) is 0 Å². The number of amides is 1. The molecule has 1 atom stereocenters. The smallest absolute Gasteiger partial charge is 0.377 e. The molecular weight excluding hydrogens is 473 g/mol. The van der Waals surface area contributed by atoms with Gasteiger partial charge in [0.2, 0.25) is 5.91 Å². The molecule has 11 heteroatoms. The summed E-state index contributed by atoms with van der Waals surface area (Å²) in [4.78, 5) is 13.2. The number of hydrogen-bond donors (Lipinski definition) is 1. The zero-order valence-corrected chi connectivity index (χ0v) is 19.1.